The zero-order chi connectivity index (χ0) is 20.1. The van der Waals surface area contributed by atoms with Gasteiger partial charge in [0, 0.05) is 17.5 Å². The minimum absolute atomic E-state index is 0.198. The van der Waals surface area contributed by atoms with Gasteiger partial charge in [0.2, 0.25) is 5.91 Å². The second-order valence-corrected chi connectivity index (χ2v) is 6.93. The number of benzene rings is 2. The van der Waals surface area contributed by atoms with Crippen LogP contribution in [0.5, 0.6) is 5.75 Å². The highest BCUT2D eigenvalue weighted by Gasteiger charge is 2.13. The molecule has 0 bridgehead atoms. The van der Waals surface area contributed by atoms with Crippen LogP contribution < -0.4 is 20.9 Å². The molecule has 3 aromatic rings. The van der Waals surface area contributed by atoms with E-state index in [9.17, 15) is 4.79 Å². The maximum Gasteiger partial charge on any atom is 0.242 e. The van der Waals surface area contributed by atoms with Crippen LogP contribution >= 0.6 is 12.2 Å². The molecular weight excluding hydrogens is 374 g/mol. The van der Waals surface area contributed by atoms with E-state index in [2.05, 4.69) is 16.2 Å². The Morgan fingerprint density at radius 1 is 1.11 bits per heavy atom. The smallest absolute Gasteiger partial charge is 0.242 e. The lowest BCUT2D eigenvalue weighted by Crippen LogP contribution is -2.47. The topological polar surface area (TPSA) is 75.5 Å². The van der Waals surface area contributed by atoms with Crippen molar-refractivity contribution in [1.29, 1.82) is 0 Å². The first-order valence-corrected chi connectivity index (χ1v) is 9.30. The summed E-state index contributed by atoms with van der Waals surface area (Å²) in [6, 6.07) is 11.7. The van der Waals surface area contributed by atoms with Gasteiger partial charge >= 0.3 is 0 Å². The third-order valence-electron chi connectivity index (χ3n) is 4.62. The van der Waals surface area contributed by atoms with E-state index in [4.69, 9.17) is 21.4 Å². The lowest BCUT2D eigenvalue weighted by molar-refractivity contribution is -0.121. The van der Waals surface area contributed by atoms with E-state index in [1.54, 1.807) is 13.4 Å². The van der Waals surface area contributed by atoms with E-state index in [0.717, 1.165) is 39.0 Å². The molecule has 0 spiro atoms. The molecule has 3 N–H and O–H groups in total. The van der Waals surface area contributed by atoms with Crippen LogP contribution in [0.15, 0.2) is 47.1 Å². The van der Waals surface area contributed by atoms with Gasteiger partial charge in [0.1, 0.15) is 11.3 Å². The number of carbonyl (C=O) groups is 1. The number of methoxy groups -OCH3 is 1. The van der Waals surface area contributed by atoms with Crippen molar-refractivity contribution >= 4 is 34.2 Å². The molecular formula is C21H23N3O3S. The van der Waals surface area contributed by atoms with Gasteiger partial charge in [-0.15, -0.1) is 0 Å². The molecule has 0 fully saturated rings. The third-order valence-corrected chi connectivity index (χ3v) is 4.87. The second kappa shape index (κ2) is 8.75. The van der Waals surface area contributed by atoms with E-state index >= 15 is 0 Å². The number of amides is 1. The number of fused-ring (bicyclic) bond motifs is 1. The number of nitrogens with one attached hydrogen (secondary N) is 3. The molecule has 3 rings (SSSR count). The summed E-state index contributed by atoms with van der Waals surface area (Å²) in [6.07, 6.45) is 1.83. The number of thiocarbonyl (C=S) groups is 1. The Morgan fingerprint density at radius 2 is 1.86 bits per heavy atom. The Morgan fingerprint density at radius 3 is 2.57 bits per heavy atom. The zero-order valence-corrected chi connectivity index (χ0v) is 16.9. The van der Waals surface area contributed by atoms with Gasteiger partial charge in [-0.05, 0) is 54.9 Å². The molecule has 0 aliphatic heterocycles. The van der Waals surface area contributed by atoms with Crippen molar-refractivity contribution in [2.24, 2.45) is 0 Å². The highest BCUT2D eigenvalue weighted by atomic mass is 32.1. The molecule has 0 aliphatic carbocycles. The van der Waals surface area contributed by atoms with Gasteiger partial charge in [-0.25, -0.2) is 0 Å². The van der Waals surface area contributed by atoms with Crippen LogP contribution in [0.1, 0.15) is 22.3 Å². The quantitative estimate of drug-likeness (QED) is 0.453. The summed E-state index contributed by atoms with van der Waals surface area (Å²) >= 11 is 5.20. The van der Waals surface area contributed by atoms with Gasteiger partial charge in [0.15, 0.2) is 5.11 Å². The molecule has 2 aromatic carbocycles. The molecule has 0 saturated carbocycles. The predicted octanol–water partition coefficient (Wildman–Crippen LogP) is 3.30. The molecule has 7 heteroatoms. The first-order chi connectivity index (χ1) is 13.5. The fraction of sp³-hybridized carbons (Fsp3) is 0.238. The first kappa shape index (κ1) is 19.7. The third kappa shape index (κ3) is 4.61. The number of hydrogen-bond donors (Lipinski definition) is 3. The Hall–Kier alpha value is -3.06. The van der Waals surface area contributed by atoms with Crippen LogP contribution in [0.2, 0.25) is 0 Å². The van der Waals surface area contributed by atoms with Crippen LogP contribution in [-0.4, -0.2) is 18.1 Å². The maximum atomic E-state index is 12.2. The number of rotatable bonds is 5. The lowest BCUT2D eigenvalue weighted by atomic mass is 10.0. The van der Waals surface area contributed by atoms with Gasteiger partial charge in [-0.3, -0.25) is 15.6 Å². The van der Waals surface area contributed by atoms with Crippen molar-refractivity contribution in [2.45, 2.75) is 26.8 Å². The average molecular weight is 398 g/mol. The van der Waals surface area contributed by atoms with Gasteiger partial charge in [0.25, 0.3) is 0 Å². The summed E-state index contributed by atoms with van der Waals surface area (Å²) in [5.41, 5.74) is 10.3. The molecule has 28 heavy (non-hydrogen) atoms. The van der Waals surface area contributed by atoms with Gasteiger partial charge in [-0.1, -0.05) is 24.3 Å². The second-order valence-electron chi connectivity index (χ2n) is 6.53. The monoisotopic (exact) mass is 397 g/mol. The van der Waals surface area contributed by atoms with E-state index in [-0.39, 0.29) is 12.3 Å². The number of hydrazine groups is 1. The number of furan rings is 1. The standard InChI is InChI=1S/C21H23N3O3S/c1-13-4-9-18-16(12-27-20(18)14(13)2)10-19(25)23-24-21(28)22-11-15-5-7-17(26-3)8-6-15/h4-9,12H,10-11H2,1-3H3,(H,23,25)(H2,22,24,28). The SMILES string of the molecule is COc1ccc(CNC(=S)NNC(=O)Cc2coc3c(C)c(C)ccc23)cc1. The van der Waals surface area contributed by atoms with Gasteiger partial charge in [0.05, 0.1) is 19.8 Å². The summed E-state index contributed by atoms with van der Waals surface area (Å²) in [6.45, 7) is 4.59. The van der Waals surface area contributed by atoms with Gasteiger partial charge < -0.3 is 14.5 Å². The fourth-order valence-electron chi connectivity index (χ4n) is 2.84. The maximum absolute atomic E-state index is 12.2. The molecule has 6 nitrogen and oxygen atoms in total. The number of hydrogen-bond acceptors (Lipinski definition) is 4. The van der Waals surface area contributed by atoms with Crippen molar-refractivity contribution in [3.8, 4) is 5.75 Å². The molecule has 0 radical (unpaired) electrons. The molecule has 0 unspecified atom stereocenters. The van der Waals surface area contributed by atoms with Crippen molar-refractivity contribution < 1.29 is 13.9 Å². The van der Waals surface area contributed by atoms with E-state index in [1.807, 2.05) is 50.2 Å². The van der Waals surface area contributed by atoms with E-state index < -0.39 is 0 Å². The highest BCUT2D eigenvalue weighted by molar-refractivity contribution is 7.80. The number of ether oxygens (including phenoxy) is 1. The minimum atomic E-state index is -0.200. The Kier molecular flexibility index (Phi) is 6.16. The summed E-state index contributed by atoms with van der Waals surface area (Å²) < 4.78 is 10.8. The van der Waals surface area contributed by atoms with Crippen LogP contribution in [0.3, 0.4) is 0 Å². The molecule has 1 heterocycles. The predicted molar refractivity (Wildman–Crippen MR) is 113 cm³/mol. The van der Waals surface area contributed by atoms with Crippen molar-refractivity contribution in [2.75, 3.05) is 7.11 Å². The van der Waals surface area contributed by atoms with Crippen LogP contribution in [0, 0.1) is 13.8 Å². The summed E-state index contributed by atoms with van der Waals surface area (Å²) in [5, 5.41) is 4.34. The summed E-state index contributed by atoms with van der Waals surface area (Å²) in [5.74, 6) is 0.600. The molecule has 1 aromatic heterocycles. The fourth-order valence-corrected chi connectivity index (χ4v) is 2.96. The average Bonchev–Trinajstić information content (AvgIpc) is 3.11. The lowest BCUT2D eigenvalue weighted by Gasteiger charge is -2.11. The summed E-state index contributed by atoms with van der Waals surface area (Å²) in [7, 11) is 1.63. The summed E-state index contributed by atoms with van der Waals surface area (Å²) in [4.78, 5) is 12.2. The minimum Gasteiger partial charge on any atom is -0.497 e. The van der Waals surface area contributed by atoms with Gasteiger partial charge in [-0.2, -0.15) is 0 Å². The van der Waals surface area contributed by atoms with Crippen LogP contribution in [0.25, 0.3) is 11.0 Å². The molecule has 0 aliphatic rings. The van der Waals surface area contributed by atoms with E-state index in [1.165, 1.54) is 0 Å². The van der Waals surface area contributed by atoms with Crippen molar-refractivity contribution in [3.05, 3.63) is 64.9 Å². The highest BCUT2D eigenvalue weighted by Crippen LogP contribution is 2.26. The molecule has 0 atom stereocenters. The van der Waals surface area contributed by atoms with Crippen LogP contribution in [0.4, 0.5) is 0 Å². The zero-order valence-electron chi connectivity index (χ0n) is 16.1. The number of aryl methyl sites for hydroxylation is 2. The number of carbonyl (C=O) groups excluding carboxylic acids is 1. The molecule has 1 amide bonds. The Labute approximate surface area is 169 Å². The Balaban J connectivity index is 1.48. The largest absolute Gasteiger partial charge is 0.497 e. The first-order valence-electron chi connectivity index (χ1n) is 8.90. The van der Waals surface area contributed by atoms with E-state index in [0.29, 0.717) is 11.7 Å². The van der Waals surface area contributed by atoms with Crippen molar-refractivity contribution in [1.82, 2.24) is 16.2 Å². The van der Waals surface area contributed by atoms with Crippen LogP contribution in [-0.2, 0) is 17.8 Å². The van der Waals surface area contributed by atoms with Crippen molar-refractivity contribution in [3.63, 3.8) is 0 Å². The molecule has 0 saturated heterocycles. The Bertz CT molecular complexity index is 996. The normalized spacial score (nSPS) is 10.5. The molecule has 146 valence electrons.